The number of carbonyl (C=O) groups excluding carboxylic acids is 1. The van der Waals surface area contributed by atoms with Crippen molar-refractivity contribution < 1.29 is 4.79 Å². The van der Waals surface area contributed by atoms with E-state index >= 15 is 0 Å². The average Bonchev–Trinajstić information content (AvgIpc) is 3.16. The highest BCUT2D eigenvalue weighted by molar-refractivity contribution is 5.76. The Hall–Kier alpha value is -1.78. The van der Waals surface area contributed by atoms with Gasteiger partial charge < -0.3 is 14.8 Å². The second kappa shape index (κ2) is 5.94. The number of aromatic nitrogens is 2. The minimum Gasteiger partial charge on any atom is -0.337 e. The first-order chi connectivity index (χ1) is 11.2. The standard InChI is InChI=1S/C19H30N4O/c1-18(2,14-8-6-7-9-14)12-21-17(24)23-13-19(3,4)15(23)16-20-10-11-22(16)5/h8,10-11,15H,6-7,9,12-13H2,1-5H3,(H,21,24). The molecule has 1 aromatic rings. The Morgan fingerprint density at radius 1 is 1.46 bits per heavy atom. The van der Waals surface area contributed by atoms with E-state index in [-0.39, 0.29) is 22.9 Å². The fourth-order valence-electron chi connectivity index (χ4n) is 4.04. The molecule has 0 aromatic carbocycles. The Morgan fingerprint density at radius 2 is 2.21 bits per heavy atom. The number of rotatable bonds is 4. The van der Waals surface area contributed by atoms with E-state index in [1.54, 1.807) is 6.20 Å². The highest BCUT2D eigenvalue weighted by atomic mass is 16.2. The zero-order valence-corrected chi connectivity index (χ0v) is 15.6. The molecule has 2 amide bonds. The van der Waals surface area contributed by atoms with E-state index in [4.69, 9.17) is 0 Å². The van der Waals surface area contributed by atoms with Gasteiger partial charge in [-0.3, -0.25) is 0 Å². The van der Waals surface area contributed by atoms with Crippen molar-refractivity contribution >= 4 is 6.03 Å². The van der Waals surface area contributed by atoms with Crippen LogP contribution in [0.15, 0.2) is 24.0 Å². The molecule has 1 unspecified atom stereocenters. The molecule has 1 N–H and O–H groups in total. The summed E-state index contributed by atoms with van der Waals surface area (Å²) in [6, 6.07) is 0.0558. The highest BCUT2D eigenvalue weighted by Crippen LogP contribution is 2.47. The lowest BCUT2D eigenvalue weighted by Crippen LogP contribution is -2.61. The summed E-state index contributed by atoms with van der Waals surface area (Å²) in [6.45, 7) is 10.3. The molecule has 2 heterocycles. The third kappa shape index (κ3) is 2.96. The molecule has 1 fully saturated rings. The molecule has 1 atom stereocenters. The van der Waals surface area contributed by atoms with Crippen LogP contribution in [0.5, 0.6) is 0 Å². The maximum atomic E-state index is 12.7. The number of likely N-dealkylation sites (tertiary alicyclic amines) is 1. The Kier molecular flexibility index (Phi) is 4.22. The van der Waals surface area contributed by atoms with Crippen LogP contribution < -0.4 is 5.32 Å². The van der Waals surface area contributed by atoms with Crippen molar-refractivity contribution in [3.8, 4) is 0 Å². The smallest absolute Gasteiger partial charge is 0.318 e. The van der Waals surface area contributed by atoms with Gasteiger partial charge in [0, 0.05) is 43.4 Å². The number of nitrogens with zero attached hydrogens (tertiary/aromatic N) is 3. The predicted octanol–water partition coefficient (Wildman–Crippen LogP) is 3.65. The summed E-state index contributed by atoms with van der Waals surface area (Å²) in [5.41, 5.74) is 1.57. The Morgan fingerprint density at radius 3 is 2.75 bits per heavy atom. The van der Waals surface area contributed by atoms with Gasteiger partial charge in [0.05, 0.1) is 6.04 Å². The summed E-state index contributed by atoms with van der Waals surface area (Å²) in [6.07, 6.45) is 9.67. The molecular formula is C19H30N4O. The third-order valence-corrected chi connectivity index (χ3v) is 5.59. The van der Waals surface area contributed by atoms with Crippen molar-refractivity contribution in [2.75, 3.05) is 13.1 Å². The number of hydrogen-bond donors (Lipinski definition) is 1. The number of carbonyl (C=O) groups is 1. The number of nitrogens with one attached hydrogen (secondary N) is 1. The van der Waals surface area contributed by atoms with E-state index in [2.05, 4.69) is 44.1 Å². The minimum atomic E-state index is 0.0222. The summed E-state index contributed by atoms with van der Waals surface area (Å²) < 4.78 is 2.01. The normalized spacial score (nSPS) is 23.0. The number of allylic oxidation sites excluding steroid dienone is 1. The number of amides is 2. The topological polar surface area (TPSA) is 50.2 Å². The van der Waals surface area contributed by atoms with Gasteiger partial charge in [-0.1, -0.05) is 39.3 Å². The highest BCUT2D eigenvalue weighted by Gasteiger charge is 2.51. The molecule has 1 aromatic heterocycles. The van der Waals surface area contributed by atoms with Crippen molar-refractivity contribution in [1.82, 2.24) is 19.8 Å². The van der Waals surface area contributed by atoms with Crippen LogP contribution >= 0.6 is 0 Å². The SMILES string of the molecule is Cn1ccnc1C1N(C(=O)NCC(C)(C)C2=CCCC2)CC1(C)C. The number of aryl methyl sites for hydroxylation is 1. The molecule has 0 bridgehead atoms. The zero-order valence-electron chi connectivity index (χ0n) is 15.6. The first-order valence-electron chi connectivity index (χ1n) is 8.93. The molecule has 1 aliphatic carbocycles. The van der Waals surface area contributed by atoms with Crippen LogP contribution in [0.4, 0.5) is 4.79 Å². The van der Waals surface area contributed by atoms with Gasteiger partial charge in [0.1, 0.15) is 5.82 Å². The second-order valence-electron chi connectivity index (χ2n) is 8.58. The van der Waals surface area contributed by atoms with Crippen LogP contribution in [-0.2, 0) is 7.05 Å². The van der Waals surface area contributed by atoms with Gasteiger partial charge in [-0.05, 0) is 19.3 Å². The number of imidazole rings is 1. The van der Waals surface area contributed by atoms with Gasteiger partial charge in [0.25, 0.3) is 0 Å². The van der Waals surface area contributed by atoms with Gasteiger partial charge in [0.2, 0.25) is 0 Å². The lowest BCUT2D eigenvalue weighted by atomic mass is 9.74. The zero-order chi connectivity index (χ0) is 17.5. The van der Waals surface area contributed by atoms with Crippen molar-refractivity contribution in [3.63, 3.8) is 0 Å². The molecule has 3 rings (SSSR count). The Bertz CT molecular complexity index is 656. The summed E-state index contributed by atoms with van der Waals surface area (Å²) in [5.74, 6) is 0.958. The molecule has 0 spiro atoms. The lowest BCUT2D eigenvalue weighted by molar-refractivity contribution is -0.0234. The quantitative estimate of drug-likeness (QED) is 0.857. The first kappa shape index (κ1) is 17.1. The van der Waals surface area contributed by atoms with Crippen LogP contribution in [0.25, 0.3) is 0 Å². The summed E-state index contributed by atoms with van der Waals surface area (Å²) in [7, 11) is 1.99. The van der Waals surface area contributed by atoms with Crippen molar-refractivity contribution in [2.45, 2.75) is 53.0 Å². The van der Waals surface area contributed by atoms with E-state index in [1.807, 2.05) is 22.7 Å². The molecule has 24 heavy (non-hydrogen) atoms. The van der Waals surface area contributed by atoms with Gasteiger partial charge in [-0.2, -0.15) is 0 Å². The number of urea groups is 1. The molecule has 132 valence electrons. The fourth-order valence-corrected chi connectivity index (χ4v) is 4.04. The maximum absolute atomic E-state index is 12.7. The van der Waals surface area contributed by atoms with Crippen molar-refractivity contribution in [3.05, 3.63) is 29.9 Å². The van der Waals surface area contributed by atoms with Gasteiger partial charge in [-0.15, -0.1) is 0 Å². The van der Waals surface area contributed by atoms with E-state index in [0.717, 1.165) is 18.8 Å². The molecule has 1 saturated heterocycles. The molecule has 0 saturated carbocycles. The van der Waals surface area contributed by atoms with E-state index in [9.17, 15) is 4.79 Å². The average molecular weight is 330 g/mol. The second-order valence-corrected chi connectivity index (χ2v) is 8.58. The van der Waals surface area contributed by atoms with Crippen LogP contribution in [0.1, 0.15) is 58.8 Å². The molecule has 5 heteroatoms. The fraction of sp³-hybridized carbons (Fsp3) is 0.684. The van der Waals surface area contributed by atoms with Gasteiger partial charge in [0.15, 0.2) is 0 Å². The van der Waals surface area contributed by atoms with Crippen LogP contribution in [0, 0.1) is 10.8 Å². The molecular weight excluding hydrogens is 300 g/mol. The molecule has 2 aliphatic rings. The van der Waals surface area contributed by atoms with Gasteiger partial charge in [-0.25, -0.2) is 9.78 Å². The number of hydrogen-bond acceptors (Lipinski definition) is 2. The van der Waals surface area contributed by atoms with E-state index in [0.29, 0.717) is 6.54 Å². The van der Waals surface area contributed by atoms with Crippen molar-refractivity contribution in [1.29, 1.82) is 0 Å². The van der Waals surface area contributed by atoms with Crippen LogP contribution in [0.2, 0.25) is 0 Å². The van der Waals surface area contributed by atoms with Crippen LogP contribution in [0.3, 0.4) is 0 Å². The third-order valence-electron chi connectivity index (χ3n) is 5.59. The van der Waals surface area contributed by atoms with E-state index < -0.39 is 0 Å². The summed E-state index contributed by atoms with van der Waals surface area (Å²) in [4.78, 5) is 19.1. The summed E-state index contributed by atoms with van der Waals surface area (Å²) >= 11 is 0. The summed E-state index contributed by atoms with van der Waals surface area (Å²) in [5, 5.41) is 3.16. The van der Waals surface area contributed by atoms with Crippen molar-refractivity contribution in [2.24, 2.45) is 17.9 Å². The maximum Gasteiger partial charge on any atom is 0.318 e. The molecule has 5 nitrogen and oxygen atoms in total. The minimum absolute atomic E-state index is 0.0222. The predicted molar refractivity (Wildman–Crippen MR) is 95.5 cm³/mol. The Balaban J connectivity index is 1.66. The monoisotopic (exact) mass is 330 g/mol. The Labute approximate surface area is 145 Å². The van der Waals surface area contributed by atoms with E-state index in [1.165, 1.54) is 18.4 Å². The molecule has 0 radical (unpaired) electrons. The molecule has 1 aliphatic heterocycles. The lowest BCUT2D eigenvalue weighted by Gasteiger charge is -2.53. The van der Waals surface area contributed by atoms with Crippen LogP contribution in [-0.4, -0.2) is 33.6 Å². The first-order valence-corrected chi connectivity index (χ1v) is 8.93. The largest absolute Gasteiger partial charge is 0.337 e. The van der Waals surface area contributed by atoms with Gasteiger partial charge >= 0.3 is 6.03 Å².